The zero-order valence-corrected chi connectivity index (χ0v) is 18.1. The van der Waals surface area contributed by atoms with E-state index in [1.165, 1.54) is 0 Å². The number of guanidine groups is 1. The van der Waals surface area contributed by atoms with Gasteiger partial charge in [0.25, 0.3) is 0 Å². The van der Waals surface area contributed by atoms with Crippen LogP contribution in [-0.2, 0) is 9.53 Å². The standard InChI is InChI=1S/C17H34N4O2.HI/c1-6-11-18-17(19-12-16(22)21(4)5)20-14-7-9-15(10-8-14)23-13(2)3;/h13-15H,6-12H2,1-5H3,(H2,18,19,20);1H. The molecule has 0 unspecified atom stereocenters. The van der Waals surface area contributed by atoms with Gasteiger partial charge in [0.15, 0.2) is 5.96 Å². The molecule has 0 saturated heterocycles. The van der Waals surface area contributed by atoms with Crippen LogP contribution in [0.2, 0.25) is 0 Å². The molecule has 1 saturated carbocycles. The van der Waals surface area contributed by atoms with E-state index in [4.69, 9.17) is 4.74 Å². The van der Waals surface area contributed by atoms with Crippen LogP contribution in [0.1, 0.15) is 52.9 Å². The smallest absolute Gasteiger partial charge is 0.243 e. The predicted molar refractivity (Wildman–Crippen MR) is 110 cm³/mol. The molecule has 0 atom stereocenters. The lowest BCUT2D eigenvalue weighted by Gasteiger charge is -2.31. The number of carbonyl (C=O) groups is 1. The average Bonchev–Trinajstić information content (AvgIpc) is 2.50. The van der Waals surface area contributed by atoms with Crippen molar-refractivity contribution in [1.82, 2.24) is 15.5 Å². The zero-order chi connectivity index (χ0) is 17.2. The van der Waals surface area contributed by atoms with Crippen molar-refractivity contribution in [2.45, 2.75) is 71.1 Å². The highest BCUT2D eigenvalue weighted by molar-refractivity contribution is 14.0. The van der Waals surface area contributed by atoms with Crippen LogP contribution in [0.15, 0.2) is 4.99 Å². The molecule has 0 radical (unpaired) electrons. The zero-order valence-electron chi connectivity index (χ0n) is 15.8. The molecule has 0 aromatic carbocycles. The van der Waals surface area contributed by atoms with Crippen molar-refractivity contribution in [2.24, 2.45) is 4.99 Å². The van der Waals surface area contributed by atoms with Crippen molar-refractivity contribution in [1.29, 1.82) is 0 Å². The summed E-state index contributed by atoms with van der Waals surface area (Å²) in [5.74, 6) is 0.756. The molecule has 0 spiro atoms. The van der Waals surface area contributed by atoms with Crippen LogP contribution in [0, 0.1) is 0 Å². The summed E-state index contributed by atoms with van der Waals surface area (Å²) < 4.78 is 5.89. The van der Waals surface area contributed by atoms with Crippen molar-refractivity contribution in [3.8, 4) is 0 Å². The summed E-state index contributed by atoms with van der Waals surface area (Å²) in [4.78, 5) is 17.7. The first kappa shape index (κ1) is 23.4. The number of halogens is 1. The first-order valence-corrected chi connectivity index (χ1v) is 8.82. The molecule has 7 heteroatoms. The Morgan fingerprint density at radius 1 is 1.25 bits per heavy atom. The van der Waals surface area contributed by atoms with E-state index in [0.717, 1.165) is 44.6 Å². The molecular formula is C17H35IN4O2. The Morgan fingerprint density at radius 3 is 2.38 bits per heavy atom. The van der Waals surface area contributed by atoms with Crippen LogP contribution >= 0.6 is 24.0 Å². The first-order chi connectivity index (χ1) is 10.9. The number of aliphatic imine (C=N–C) groups is 1. The van der Waals surface area contributed by atoms with Gasteiger partial charge in [-0.3, -0.25) is 4.79 Å². The fraction of sp³-hybridized carbons (Fsp3) is 0.882. The molecule has 1 aliphatic rings. The summed E-state index contributed by atoms with van der Waals surface area (Å²) in [6.45, 7) is 7.33. The highest BCUT2D eigenvalue weighted by Crippen LogP contribution is 2.22. The van der Waals surface area contributed by atoms with Gasteiger partial charge in [-0.25, -0.2) is 4.99 Å². The molecule has 0 heterocycles. The molecule has 1 fully saturated rings. The van der Waals surface area contributed by atoms with Gasteiger partial charge in [0.05, 0.1) is 12.2 Å². The number of hydrogen-bond donors (Lipinski definition) is 2. The molecule has 6 nitrogen and oxygen atoms in total. The number of likely N-dealkylation sites (N-methyl/N-ethyl adjacent to an activating group) is 1. The molecule has 142 valence electrons. The number of ether oxygens (including phenoxy) is 1. The minimum atomic E-state index is 0. The normalized spacial score (nSPS) is 21.2. The van der Waals surface area contributed by atoms with Crippen LogP contribution in [0.3, 0.4) is 0 Å². The Labute approximate surface area is 164 Å². The summed E-state index contributed by atoms with van der Waals surface area (Å²) in [5, 5.41) is 6.76. The van der Waals surface area contributed by atoms with E-state index in [1.807, 2.05) is 0 Å². The van der Waals surface area contributed by atoms with Crippen LogP contribution in [0.4, 0.5) is 0 Å². The second-order valence-electron chi connectivity index (χ2n) is 6.68. The molecule has 0 aromatic rings. The van der Waals surface area contributed by atoms with E-state index in [0.29, 0.717) is 18.2 Å². The lowest BCUT2D eigenvalue weighted by atomic mass is 9.93. The summed E-state index contributed by atoms with van der Waals surface area (Å²) in [5.41, 5.74) is 0. The lowest BCUT2D eigenvalue weighted by molar-refractivity contribution is -0.127. The molecule has 1 amide bonds. The number of carbonyl (C=O) groups excluding carboxylic acids is 1. The van der Waals surface area contributed by atoms with E-state index >= 15 is 0 Å². The van der Waals surface area contributed by atoms with Gasteiger partial charge in [0.1, 0.15) is 6.54 Å². The Morgan fingerprint density at radius 2 is 1.88 bits per heavy atom. The third kappa shape index (κ3) is 9.66. The van der Waals surface area contributed by atoms with Crippen molar-refractivity contribution in [3.05, 3.63) is 0 Å². The highest BCUT2D eigenvalue weighted by Gasteiger charge is 2.23. The lowest BCUT2D eigenvalue weighted by Crippen LogP contribution is -2.46. The topological polar surface area (TPSA) is 66.0 Å². The molecule has 0 bridgehead atoms. The third-order valence-electron chi connectivity index (χ3n) is 3.89. The van der Waals surface area contributed by atoms with Crippen molar-refractivity contribution < 1.29 is 9.53 Å². The Balaban J connectivity index is 0.00000529. The van der Waals surface area contributed by atoms with Gasteiger partial charge in [-0.2, -0.15) is 0 Å². The Hall–Kier alpha value is -0.570. The summed E-state index contributed by atoms with van der Waals surface area (Å²) in [6, 6.07) is 0.402. The molecule has 0 aliphatic heterocycles. The fourth-order valence-corrected chi connectivity index (χ4v) is 2.61. The van der Waals surface area contributed by atoms with E-state index in [9.17, 15) is 4.79 Å². The van der Waals surface area contributed by atoms with Crippen LogP contribution in [0.25, 0.3) is 0 Å². The van der Waals surface area contributed by atoms with Gasteiger partial charge >= 0.3 is 0 Å². The summed E-state index contributed by atoms with van der Waals surface area (Å²) in [6.07, 6.45) is 6.01. The van der Waals surface area contributed by atoms with Gasteiger partial charge in [-0.05, 0) is 46.0 Å². The number of nitrogens with one attached hydrogen (secondary N) is 2. The van der Waals surface area contributed by atoms with Crippen molar-refractivity contribution in [3.63, 3.8) is 0 Å². The molecule has 1 rings (SSSR count). The third-order valence-corrected chi connectivity index (χ3v) is 3.89. The maximum Gasteiger partial charge on any atom is 0.243 e. The van der Waals surface area contributed by atoms with Gasteiger partial charge < -0.3 is 20.3 Å². The van der Waals surface area contributed by atoms with Crippen LogP contribution < -0.4 is 10.6 Å². The fourth-order valence-electron chi connectivity index (χ4n) is 2.61. The Kier molecular flexibility index (Phi) is 12.4. The summed E-state index contributed by atoms with van der Waals surface area (Å²) >= 11 is 0. The Bertz CT molecular complexity index is 381. The number of rotatable bonds is 7. The molecule has 24 heavy (non-hydrogen) atoms. The average molecular weight is 454 g/mol. The van der Waals surface area contributed by atoms with Gasteiger partial charge in [-0.1, -0.05) is 6.92 Å². The SMILES string of the molecule is CCCNC(=NCC(=O)N(C)C)NC1CCC(OC(C)C)CC1.I. The second-order valence-corrected chi connectivity index (χ2v) is 6.68. The largest absolute Gasteiger partial charge is 0.376 e. The maximum absolute atomic E-state index is 11.7. The predicted octanol–water partition coefficient (Wildman–Crippen LogP) is 2.37. The van der Waals surface area contributed by atoms with E-state index < -0.39 is 0 Å². The van der Waals surface area contributed by atoms with Crippen molar-refractivity contribution in [2.75, 3.05) is 27.2 Å². The molecule has 0 aromatic heterocycles. The van der Waals surface area contributed by atoms with Gasteiger partial charge in [0.2, 0.25) is 5.91 Å². The quantitative estimate of drug-likeness (QED) is 0.352. The first-order valence-electron chi connectivity index (χ1n) is 8.82. The van der Waals surface area contributed by atoms with Crippen LogP contribution in [0.5, 0.6) is 0 Å². The minimum Gasteiger partial charge on any atom is -0.376 e. The number of hydrogen-bond acceptors (Lipinski definition) is 3. The van der Waals surface area contributed by atoms with E-state index in [1.54, 1.807) is 19.0 Å². The summed E-state index contributed by atoms with van der Waals surface area (Å²) in [7, 11) is 3.50. The highest BCUT2D eigenvalue weighted by atomic mass is 127. The number of amides is 1. The second kappa shape index (κ2) is 12.7. The molecule has 1 aliphatic carbocycles. The van der Waals surface area contributed by atoms with Crippen molar-refractivity contribution >= 4 is 35.8 Å². The van der Waals surface area contributed by atoms with E-state index in [-0.39, 0.29) is 36.4 Å². The molecule has 2 N–H and O–H groups in total. The molecular weight excluding hydrogens is 419 g/mol. The van der Waals surface area contributed by atoms with Crippen LogP contribution in [-0.4, -0.2) is 62.2 Å². The minimum absolute atomic E-state index is 0. The monoisotopic (exact) mass is 454 g/mol. The number of nitrogens with zero attached hydrogens (tertiary/aromatic N) is 2. The van der Waals surface area contributed by atoms with E-state index in [2.05, 4.69) is 36.4 Å². The maximum atomic E-state index is 11.7. The van der Waals surface area contributed by atoms with Gasteiger partial charge in [-0.15, -0.1) is 24.0 Å². The van der Waals surface area contributed by atoms with Gasteiger partial charge in [0, 0.05) is 26.7 Å².